The number of carboxylic acids is 1. The Morgan fingerprint density at radius 3 is 2.83 bits per heavy atom. The van der Waals surface area contributed by atoms with Gasteiger partial charge >= 0.3 is 5.97 Å². The van der Waals surface area contributed by atoms with Crippen LogP contribution in [0.15, 0.2) is 30.6 Å². The lowest BCUT2D eigenvalue weighted by molar-refractivity contribution is 0.0697. The predicted octanol–water partition coefficient (Wildman–Crippen LogP) is 2.04. The van der Waals surface area contributed by atoms with Crippen LogP contribution >= 0.6 is 0 Å². The normalized spacial score (nSPS) is 10.3. The van der Waals surface area contributed by atoms with Crippen LogP contribution in [0.3, 0.4) is 0 Å². The number of hydrogen-bond acceptors (Lipinski definition) is 3. The van der Waals surface area contributed by atoms with Crippen molar-refractivity contribution in [2.24, 2.45) is 7.05 Å². The molecular formula is C13H15N3O2. The van der Waals surface area contributed by atoms with Crippen molar-refractivity contribution in [2.45, 2.75) is 13.5 Å². The zero-order chi connectivity index (χ0) is 13.1. The Balaban J connectivity index is 2.08. The maximum Gasteiger partial charge on any atom is 0.335 e. The third-order valence-corrected chi connectivity index (χ3v) is 2.71. The minimum absolute atomic E-state index is 0.305. The predicted molar refractivity (Wildman–Crippen MR) is 68.7 cm³/mol. The second-order valence-electron chi connectivity index (χ2n) is 4.21. The number of anilines is 1. The van der Waals surface area contributed by atoms with Gasteiger partial charge in [0.2, 0.25) is 0 Å². The first kappa shape index (κ1) is 12.2. The van der Waals surface area contributed by atoms with Crippen molar-refractivity contribution in [2.75, 3.05) is 5.32 Å². The van der Waals surface area contributed by atoms with Gasteiger partial charge in [0.15, 0.2) is 0 Å². The summed E-state index contributed by atoms with van der Waals surface area (Å²) in [6, 6.07) is 5.05. The van der Waals surface area contributed by atoms with Gasteiger partial charge in [-0.3, -0.25) is 4.68 Å². The van der Waals surface area contributed by atoms with Gasteiger partial charge in [-0.1, -0.05) is 0 Å². The molecule has 2 rings (SSSR count). The molecule has 18 heavy (non-hydrogen) atoms. The number of nitrogens with zero attached hydrogens (tertiary/aromatic N) is 2. The number of nitrogens with one attached hydrogen (secondary N) is 1. The van der Waals surface area contributed by atoms with Gasteiger partial charge < -0.3 is 10.4 Å². The van der Waals surface area contributed by atoms with Gasteiger partial charge in [-0.15, -0.1) is 0 Å². The fourth-order valence-corrected chi connectivity index (χ4v) is 1.76. The largest absolute Gasteiger partial charge is 0.478 e. The number of benzene rings is 1. The molecule has 1 heterocycles. The summed E-state index contributed by atoms with van der Waals surface area (Å²) < 4.78 is 1.75. The second kappa shape index (κ2) is 4.91. The van der Waals surface area contributed by atoms with E-state index in [1.165, 1.54) is 0 Å². The van der Waals surface area contributed by atoms with Gasteiger partial charge in [-0.05, 0) is 30.7 Å². The molecule has 0 atom stereocenters. The van der Waals surface area contributed by atoms with Crippen molar-refractivity contribution in [3.63, 3.8) is 0 Å². The highest BCUT2D eigenvalue weighted by molar-refractivity contribution is 5.88. The lowest BCUT2D eigenvalue weighted by atomic mass is 10.1. The Bertz CT molecular complexity index is 575. The molecule has 0 spiro atoms. The zero-order valence-electron chi connectivity index (χ0n) is 10.3. The Labute approximate surface area is 105 Å². The molecule has 0 aliphatic carbocycles. The summed E-state index contributed by atoms with van der Waals surface area (Å²) >= 11 is 0. The smallest absolute Gasteiger partial charge is 0.335 e. The molecule has 1 aromatic heterocycles. The van der Waals surface area contributed by atoms with Crippen LogP contribution in [0, 0.1) is 6.92 Å². The van der Waals surface area contributed by atoms with E-state index >= 15 is 0 Å². The molecule has 2 N–H and O–H groups in total. The summed E-state index contributed by atoms with van der Waals surface area (Å²) in [7, 11) is 1.87. The molecule has 0 saturated heterocycles. The summed E-state index contributed by atoms with van der Waals surface area (Å²) in [5, 5.41) is 16.2. The van der Waals surface area contributed by atoms with Gasteiger partial charge in [0.05, 0.1) is 11.8 Å². The highest BCUT2D eigenvalue weighted by Gasteiger charge is 2.05. The van der Waals surface area contributed by atoms with Crippen molar-refractivity contribution in [1.82, 2.24) is 9.78 Å². The molecule has 0 radical (unpaired) electrons. The molecule has 5 nitrogen and oxygen atoms in total. The molecule has 1 aromatic carbocycles. The Morgan fingerprint density at radius 1 is 1.50 bits per heavy atom. The van der Waals surface area contributed by atoms with E-state index < -0.39 is 5.97 Å². The lowest BCUT2D eigenvalue weighted by Gasteiger charge is -2.09. The number of carbonyl (C=O) groups is 1. The first-order valence-corrected chi connectivity index (χ1v) is 5.61. The van der Waals surface area contributed by atoms with Crippen LogP contribution in [0.25, 0.3) is 0 Å². The minimum Gasteiger partial charge on any atom is -0.478 e. The molecule has 94 valence electrons. The van der Waals surface area contributed by atoms with E-state index in [0.29, 0.717) is 12.1 Å². The van der Waals surface area contributed by atoms with Crippen molar-refractivity contribution in [1.29, 1.82) is 0 Å². The average molecular weight is 245 g/mol. The van der Waals surface area contributed by atoms with E-state index in [9.17, 15) is 4.79 Å². The SMILES string of the molecule is Cc1cc(C(=O)O)ccc1NCc1cnn(C)c1. The van der Waals surface area contributed by atoms with Crippen LogP contribution in [-0.4, -0.2) is 20.9 Å². The highest BCUT2D eigenvalue weighted by atomic mass is 16.4. The summed E-state index contributed by atoms with van der Waals surface area (Å²) in [5.74, 6) is -0.906. The summed E-state index contributed by atoms with van der Waals surface area (Å²) in [6.07, 6.45) is 3.74. The quantitative estimate of drug-likeness (QED) is 0.865. The topological polar surface area (TPSA) is 67.2 Å². The fourth-order valence-electron chi connectivity index (χ4n) is 1.76. The van der Waals surface area contributed by atoms with Gasteiger partial charge in [0, 0.05) is 31.0 Å². The van der Waals surface area contributed by atoms with Crippen LogP contribution < -0.4 is 5.32 Å². The average Bonchev–Trinajstić information content (AvgIpc) is 2.73. The maximum atomic E-state index is 10.8. The molecule has 0 aliphatic heterocycles. The van der Waals surface area contributed by atoms with Crippen LogP contribution in [-0.2, 0) is 13.6 Å². The first-order valence-electron chi connectivity index (χ1n) is 5.61. The molecule has 5 heteroatoms. The second-order valence-corrected chi connectivity index (χ2v) is 4.21. The van der Waals surface area contributed by atoms with Gasteiger partial charge in [-0.25, -0.2) is 4.79 Å². The zero-order valence-corrected chi connectivity index (χ0v) is 10.3. The number of rotatable bonds is 4. The summed E-state index contributed by atoms with van der Waals surface area (Å²) in [6.45, 7) is 2.55. The third kappa shape index (κ3) is 2.68. The van der Waals surface area contributed by atoms with E-state index in [-0.39, 0.29) is 0 Å². The minimum atomic E-state index is -0.906. The number of aromatic nitrogens is 2. The van der Waals surface area contributed by atoms with E-state index in [1.807, 2.05) is 20.2 Å². The summed E-state index contributed by atoms with van der Waals surface area (Å²) in [5.41, 5.74) is 3.24. The Morgan fingerprint density at radius 2 is 2.28 bits per heavy atom. The van der Waals surface area contributed by atoms with E-state index in [0.717, 1.165) is 16.8 Å². The van der Waals surface area contributed by atoms with Crippen LogP contribution in [0.1, 0.15) is 21.5 Å². The monoisotopic (exact) mass is 245 g/mol. The first-order chi connectivity index (χ1) is 8.56. The van der Waals surface area contributed by atoms with Gasteiger partial charge in [0.1, 0.15) is 0 Å². The number of carboxylic acid groups (broad SMARTS) is 1. The number of aryl methyl sites for hydroxylation is 2. The highest BCUT2D eigenvalue weighted by Crippen LogP contribution is 2.17. The lowest BCUT2D eigenvalue weighted by Crippen LogP contribution is -2.02. The molecular weight excluding hydrogens is 230 g/mol. The van der Waals surface area contributed by atoms with Crippen molar-refractivity contribution >= 4 is 11.7 Å². The Hall–Kier alpha value is -2.30. The number of hydrogen-bond donors (Lipinski definition) is 2. The van der Waals surface area contributed by atoms with Crippen molar-refractivity contribution in [3.05, 3.63) is 47.3 Å². The summed E-state index contributed by atoms with van der Waals surface area (Å²) in [4.78, 5) is 10.8. The van der Waals surface area contributed by atoms with Crippen molar-refractivity contribution < 1.29 is 9.90 Å². The van der Waals surface area contributed by atoms with Gasteiger partial charge in [0.25, 0.3) is 0 Å². The van der Waals surface area contributed by atoms with Crippen LogP contribution in [0.5, 0.6) is 0 Å². The molecule has 0 fully saturated rings. The van der Waals surface area contributed by atoms with E-state index in [2.05, 4.69) is 10.4 Å². The number of aromatic carboxylic acids is 1. The molecule has 0 aliphatic rings. The van der Waals surface area contributed by atoms with E-state index in [4.69, 9.17) is 5.11 Å². The molecule has 0 saturated carbocycles. The maximum absolute atomic E-state index is 10.8. The third-order valence-electron chi connectivity index (χ3n) is 2.71. The molecule has 0 amide bonds. The van der Waals surface area contributed by atoms with Crippen LogP contribution in [0.4, 0.5) is 5.69 Å². The standard InChI is InChI=1S/C13H15N3O2/c1-9-5-11(13(17)18)3-4-12(9)14-6-10-7-15-16(2)8-10/h3-5,7-8,14H,6H2,1-2H3,(H,17,18). The fraction of sp³-hybridized carbons (Fsp3) is 0.231. The van der Waals surface area contributed by atoms with E-state index in [1.54, 1.807) is 29.1 Å². The molecule has 0 bridgehead atoms. The Kier molecular flexibility index (Phi) is 3.32. The van der Waals surface area contributed by atoms with Crippen molar-refractivity contribution in [3.8, 4) is 0 Å². The molecule has 0 unspecified atom stereocenters. The van der Waals surface area contributed by atoms with Crippen LogP contribution in [0.2, 0.25) is 0 Å². The van der Waals surface area contributed by atoms with Gasteiger partial charge in [-0.2, -0.15) is 5.10 Å². The molecule has 2 aromatic rings.